The zero-order valence-corrected chi connectivity index (χ0v) is 17.7. The summed E-state index contributed by atoms with van der Waals surface area (Å²) < 4.78 is 27.4. The van der Waals surface area contributed by atoms with Crippen molar-refractivity contribution >= 4 is 16.7 Å². The Balaban J connectivity index is 1.57. The molecule has 3 aromatic heterocycles. The van der Waals surface area contributed by atoms with E-state index in [0.717, 1.165) is 38.4 Å². The molecule has 0 N–H and O–H groups in total. The summed E-state index contributed by atoms with van der Waals surface area (Å²) in [6, 6.07) is 7.94. The summed E-state index contributed by atoms with van der Waals surface area (Å²) in [5.74, 6) is -0.326. The second-order valence-electron chi connectivity index (χ2n) is 7.70. The molecule has 5 rings (SSSR count). The van der Waals surface area contributed by atoms with Crippen molar-refractivity contribution in [3.05, 3.63) is 58.4 Å². The highest BCUT2D eigenvalue weighted by atomic mass is 19.1. The Hall–Kier alpha value is -3.21. The van der Waals surface area contributed by atoms with Crippen LogP contribution in [-0.2, 0) is 22.6 Å². The average Bonchev–Trinajstić information content (AvgIpc) is 3.18. The number of ether oxygens (including phenoxy) is 2. The Morgan fingerprint density at radius 2 is 1.88 bits per heavy atom. The number of hydrogen-bond acceptors (Lipinski definition) is 7. The second kappa shape index (κ2) is 8.73. The van der Waals surface area contributed by atoms with E-state index in [1.807, 2.05) is 6.07 Å². The first-order chi connectivity index (χ1) is 15.7. The lowest BCUT2D eigenvalue weighted by Gasteiger charge is -2.26. The molecule has 1 aromatic carbocycles. The van der Waals surface area contributed by atoms with Crippen LogP contribution < -0.4 is 5.56 Å². The minimum absolute atomic E-state index is 0.211. The van der Waals surface area contributed by atoms with Gasteiger partial charge in [-0.3, -0.25) is 9.69 Å². The topological polar surface area (TPSA) is 86.8 Å². The van der Waals surface area contributed by atoms with Gasteiger partial charge in [0.05, 0.1) is 31.1 Å². The van der Waals surface area contributed by atoms with Gasteiger partial charge in [-0.25, -0.2) is 8.91 Å². The van der Waals surface area contributed by atoms with Crippen molar-refractivity contribution in [2.75, 3.05) is 40.0 Å². The van der Waals surface area contributed by atoms with Crippen molar-refractivity contribution < 1.29 is 13.9 Å². The van der Waals surface area contributed by atoms with Gasteiger partial charge >= 0.3 is 0 Å². The molecule has 32 heavy (non-hydrogen) atoms. The molecule has 166 valence electrons. The molecule has 1 fully saturated rings. The number of nitrogens with zero attached hydrogens (tertiary/aromatic N) is 6. The SMILES string of the molecule is COCc1nn2c(nnc3c(=O)n(CCN4CCOCC4)ccc32)c1-c1ccc(F)cc1. The number of aromatic nitrogens is 5. The zero-order valence-electron chi connectivity index (χ0n) is 17.7. The Morgan fingerprint density at radius 3 is 2.62 bits per heavy atom. The lowest BCUT2D eigenvalue weighted by molar-refractivity contribution is 0.0363. The number of morpholine rings is 1. The first kappa shape index (κ1) is 20.7. The van der Waals surface area contributed by atoms with Gasteiger partial charge in [-0.2, -0.15) is 5.10 Å². The highest BCUT2D eigenvalue weighted by Crippen LogP contribution is 2.29. The van der Waals surface area contributed by atoms with E-state index < -0.39 is 0 Å². The van der Waals surface area contributed by atoms with Crippen LogP contribution in [0.5, 0.6) is 0 Å². The molecule has 4 heterocycles. The molecule has 0 saturated carbocycles. The molecular weight excluding hydrogens is 415 g/mol. The van der Waals surface area contributed by atoms with Gasteiger partial charge < -0.3 is 14.0 Å². The van der Waals surface area contributed by atoms with Crippen LogP contribution in [-0.4, -0.2) is 69.2 Å². The number of hydrogen-bond donors (Lipinski definition) is 0. The van der Waals surface area contributed by atoms with Gasteiger partial charge in [0.1, 0.15) is 11.3 Å². The molecule has 0 radical (unpaired) electrons. The third kappa shape index (κ3) is 3.77. The predicted molar refractivity (Wildman–Crippen MR) is 116 cm³/mol. The van der Waals surface area contributed by atoms with Gasteiger partial charge in [-0.05, 0) is 23.8 Å². The summed E-state index contributed by atoms with van der Waals surface area (Å²) in [7, 11) is 1.58. The average molecular weight is 438 g/mol. The van der Waals surface area contributed by atoms with Crippen LogP contribution in [0.1, 0.15) is 5.69 Å². The van der Waals surface area contributed by atoms with E-state index >= 15 is 0 Å². The maximum absolute atomic E-state index is 13.4. The fourth-order valence-corrected chi connectivity index (χ4v) is 4.03. The summed E-state index contributed by atoms with van der Waals surface area (Å²) >= 11 is 0. The largest absolute Gasteiger partial charge is 0.379 e. The molecule has 0 bridgehead atoms. The molecule has 1 aliphatic rings. The van der Waals surface area contributed by atoms with Gasteiger partial charge in [0.15, 0.2) is 11.2 Å². The van der Waals surface area contributed by atoms with E-state index in [1.165, 1.54) is 12.1 Å². The van der Waals surface area contributed by atoms with Crippen LogP contribution in [0.15, 0.2) is 41.3 Å². The van der Waals surface area contributed by atoms with E-state index in [2.05, 4.69) is 20.2 Å². The summed E-state index contributed by atoms with van der Waals surface area (Å²) in [5.41, 5.74) is 3.18. The molecule has 4 aromatic rings. The maximum Gasteiger partial charge on any atom is 0.280 e. The van der Waals surface area contributed by atoms with Crippen molar-refractivity contribution in [1.29, 1.82) is 0 Å². The van der Waals surface area contributed by atoms with Gasteiger partial charge in [0.25, 0.3) is 5.56 Å². The van der Waals surface area contributed by atoms with Gasteiger partial charge in [0.2, 0.25) is 0 Å². The Labute approximate surface area is 183 Å². The monoisotopic (exact) mass is 438 g/mol. The first-order valence-corrected chi connectivity index (χ1v) is 10.5. The summed E-state index contributed by atoms with van der Waals surface area (Å²) in [6.07, 6.45) is 1.77. The molecule has 0 unspecified atom stereocenters. The number of pyridine rings is 1. The number of halogens is 1. The second-order valence-corrected chi connectivity index (χ2v) is 7.70. The van der Waals surface area contributed by atoms with E-state index in [-0.39, 0.29) is 23.5 Å². The normalized spacial score (nSPS) is 15.1. The molecular formula is C22H23FN6O3. The minimum Gasteiger partial charge on any atom is -0.379 e. The molecule has 1 aliphatic heterocycles. The van der Waals surface area contributed by atoms with Crippen LogP contribution in [0.4, 0.5) is 4.39 Å². The third-order valence-electron chi connectivity index (χ3n) is 5.70. The predicted octanol–water partition coefficient (Wildman–Crippen LogP) is 1.72. The summed E-state index contributed by atoms with van der Waals surface area (Å²) in [4.78, 5) is 15.4. The molecule has 10 heteroatoms. The van der Waals surface area contributed by atoms with Crippen LogP contribution in [0.25, 0.3) is 27.8 Å². The summed E-state index contributed by atoms with van der Waals surface area (Å²) in [5, 5.41) is 13.2. The molecule has 9 nitrogen and oxygen atoms in total. The zero-order chi connectivity index (χ0) is 22.1. The van der Waals surface area contributed by atoms with Crippen LogP contribution in [0.3, 0.4) is 0 Å². The van der Waals surface area contributed by atoms with Gasteiger partial charge in [-0.1, -0.05) is 12.1 Å². The van der Waals surface area contributed by atoms with E-state index in [9.17, 15) is 9.18 Å². The maximum atomic E-state index is 13.4. The fourth-order valence-electron chi connectivity index (χ4n) is 4.03. The van der Waals surface area contributed by atoms with Crippen molar-refractivity contribution in [1.82, 2.24) is 29.3 Å². The third-order valence-corrected chi connectivity index (χ3v) is 5.70. The minimum atomic E-state index is -0.326. The number of benzene rings is 1. The van der Waals surface area contributed by atoms with Crippen LogP contribution in [0.2, 0.25) is 0 Å². The quantitative estimate of drug-likeness (QED) is 0.453. The van der Waals surface area contributed by atoms with Crippen molar-refractivity contribution in [2.45, 2.75) is 13.2 Å². The van der Waals surface area contributed by atoms with E-state index in [4.69, 9.17) is 9.47 Å². The van der Waals surface area contributed by atoms with Crippen LogP contribution >= 0.6 is 0 Å². The highest BCUT2D eigenvalue weighted by molar-refractivity contribution is 5.84. The molecule has 0 aliphatic carbocycles. The summed E-state index contributed by atoms with van der Waals surface area (Å²) in [6.45, 7) is 4.73. The lowest BCUT2D eigenvalue weighted by atomic mass is 10.1. The van der Waals surface area contributed by atoms with Gasteiger partial charge in [-0.15, -0.1) is 10.2 Å². The number of rotatable bonds is 6. The Bertz CT molecular complexity index is 1310. The first-order valence-electron chi connectivity index (χ1n) is 10.5. The van der Waals surface area contributed by atoms with Gasteiger partial charge in [0, 0.05) is 39.5 Å². The van der Waals surface area contributed by atoms with E-state index in [0.29, 0.717) is 29.0 Å². The smallest absolute Gasteiger partial charge is 0.280 e. The van der Waals surface area contributed by atoms with Crippen molar-refractivity contribution in [3.63, 3.8) is 0 Å². The highest BCUT2D eigenvalue weighted by Gasteiger charge is 2.20. The van der Waals surface area contributed by atoms with E-state index in [1.54, 1.807) is 34.5 Å². The molecule has 0 spiro atoms. The lowest BCUT2D eigenvalue weighted by Crippen LogP contribution is -2.39. The van der Waals surface area contributed by atoms with Crippen LogP contribution in [0, 0.1) is 5.82 Å². The Morgan fingerprint density at radius 1 is 1.09 bits per heavy atom. The molecule has 1 saturated heterocycles. The standard InChI is InChI=1S/C22H23FN6O3/c1-31-14-17-19(15-2-4-16(23)5-3-15)21-25-24-20-18(29(21)26-17)6-7-28(22(20)30)9-8-27-10-12-32-13-11-27/h2-7H,8-14H2,1H3. The molecule has 0 atom stereocenters. The van der Waals surface area contributed by atoms with Crippen molar-refractivity contribution in [2.24, 2.45) is 0 Å². The molecule has 0 amide bonds. The number of fused-ring (bicyclic) bond motifs is 3. The van der Waals surface area contributed by atoms with Crippen molar-refractivity contribution in [3.8, 4) is 11.1 Å². The number of methoxy groups -OCH3 is 1. The fraction of sp³-hybridized carbons (Fsp3) is 0.364. The Kier molecular flexibility index (Phi) is 5.64.